The van der Waals surface area contributed by atoms with Crippen LogP contribution in [0, 0.1) is 6.92 Å². The molecule has 0 fully saturated rings. The van der Waals surface area contributed by atoms with Gasteiger partial charge in [-0.25, -0.2) is 0 Å². The van der Waals surface area contributed by atoms with Crippen LogP contribution in [0.2, 0.25) is 5.02 Å². The van der Waals surface area contributed by atoms with Gasteiger partial charge in [0.25, 0.3) is 0 Å². The van der Waals surface area contributed by atoms with Crippen LogP contribution in [0.25, 0.3) is 0 Å². The maximum Gasteiger partial charge on any atom is 0.239 e. The maximum absolute atomic E-state index is 10.4. The normalized spacial score (nSPS) is 10.0. The second-order valence-corrected chi connectivity index (χ2v) is 2.63. The highest BCUT2D eigenvalue weighted by molar-refractivity contribution is 6.31. The van der Waals surface area contributed by atoms with E-state index in [1.807, 2.05) is 0 Å². The molecule has 1 rings (SSSR count). The summed E-state index contributed by atoms with van der Waals surface area (Å²) in [6.45, 7) is 1.84. The first kappa shape index (κ1) is 8.07. The lowest BCUT2D eigenvalue weighted by Crippen LogP contribution is -2.18. The number of amides is 1. The molecule has 0 aromatic carbocycles. The van der Waals surface area contributed by atoms with Gasteiger partial charge in [0.15, 0.2) is 0 Å². The fourth-order valence-electron chi connectivity index (χ4n) is 0.734. The number of rotatable bonds is 2. The van der Waals surface area contributed by atoms with Crippen molar-refractivity contribution in [2.45, 2.75) is 13.5 Å². The van der Waals surface area contributed by atoms with Gasteiger partial charge in [0.1, 0.15) is 6.54 Å². The Labute approximate surface area is 68.9 Å². The number of aromatic nitrogens is 2. The van der Waals surface area contributed by atoms with Gasteiger partial charge in [-0.1, -0.05) is 11.6 Å². The van der Waals surface area contributed by atoms with E-state index < -0.39 is 5.91 Å². The lowest BCUT2D eigenvalue weighted by Gasteiger charge is -1.93. The predicted octanol–water partition coefficient (Wildman–Crippen LogP) is 0.330. The lowest BCUT2D eigenvalue weighted by atomic mass is 10.5. The minimum atomic E-state index is -0.427. The van der Waals surface area contributed by atoms with Gasteiger partial charge in [0.2, 0.25) is 5.91 Å². The number of carbonyl (C=O) groups excluding carboxylic acids is 1. The molecule has 11 heavy (non-hydrogen) atoms. The van der Waals surface area contributed by atoms with E-state index in [1.54, 1.807) is 13.1 Å². The number of aryl methyl sites for hydroxylation is 1. The Kier molecular flexibility index (Phi) is 2.14. The number of nitrogens with two attached hydrogens (primary N) is 1. The highest BCUT2D eigenvalue weighted by atomic mass is 35.5. The molecular formula is C6H8ClN3O. The number of hydrogen-bond acceptors (Lipinski definition) is 2. The Morgan fingerprint density at radius 3 is 2.91 bits per heavy atom. The molecule has 1 amide bonds. The summed E-state index contributed by atoms with van der Waals surface area (Å²) in [7, 11) is 0. The highest BCUT2D eigenvalue weighted by Crippen LogP contribution is 2.11. The minimum absolute atomic E-state index is 0.0769. The molecular weight excluding hydrogens is 166 g/mol. The van der Waals surface area contributed by atoms with Gasteiger partial charge in [0, 0.05) is 6.20 Å². The van der Waals surface area contributed by atoms with Crippen molar-refractivity contribution >= 4 is 17.5 Å². The largest absolute Gasteiger partial charge is 0.368 e. The summed E-state index contributed by atoms with van der Waals surface area (Å²) in [5.74, 6) is -0.427. The molecule has 0 aliphatic heterocycles. The Morgan fingerprint density at radius 1 is 1.91 bits per heavy atom. The van der Waals surface area contributed by atoms with E-state index in [0.717, 1.165) is 0 Å². The first-order chi connectivity index (χ1) is 5.09. The summed E-state index contributed by atoms with van der Waals surface area (Å²) < 4.78 is 1.42. The lowest BCUT2D eigenvalue weighted by molar-refractivity contribution is -0.118. The molecule has 1 aromatic heterocycles. The molecule has 0 aliphatic rings. The van der Waals surface area contributed by atoms with Crippen LogP contribution < -0.4 is 5.73 Å². The third-order valence-corrected chi connectivity index (χ3v) is 1.58. The van der Waals surface area contributed by atoms with Crippen LogP contribution in [0.4, 0.5) is 0 Å². The molecule has 0 atom stereocenters. The van der Waals surface area contributed by atoms with Crippen LogP contribution in [0.15, 0.2) is 6.20 Å². The van der Waals surface area contributed by atoms with Crippen molar-refractivity contribution < 1.29 is 4.79 Å². The minimum Gasteiger partial charge on any atom is -0.368 e. The second-order valence-electron chi connectivity index (χ2n) is 2.23. The van der Waals surface area contributed by atoms with Crippen molar-refractivity contribution in [1.82, 2.24) is 9.78 Å². The van der Waals surface area contributed by atoms with Gasteiger partial charge in [0.05, 0.1) is 10.7 Å². The van der Waals surface area contributed by atoms with Gasteiger partial charge in [-0.3, -0.25) is 9.48 Å². The Bertz CT molecular complexity index is 262. The molecule has 0 saturated carbocycles. The zero-order chi connectivity index (χ0) is 8.43. The monoisotopic (exact) mass is 173 g/mol. The van der Waals surface area contributed by atoms with Gasteiger partial charge in [-0.05, 0) is 6.92 Å². The highest BCUT2D eigenvalue weighted by Gasteiger charge is 2.02. The fraction of sp³-hybridized carbons (Fsp3) is 0.333. The zero-order valence-electron chi connectivity index (χ0n) is 6.04. The van der Waals surface area contributed by atoms with Gasteiger partial charge < -0.3 is 5.73 Å². The van der Waals surface area contributed by atoms with Gasteiger partial charge in [-0.15, -0.1) is 0 Å². The van der Waals surface area contributed by atoms with Crippen LogP contribution in [-0.4, -0.2) is 15.7 Å². The molecule has 4 nitrogen and oxygen atoms in total. The summed E-state index contributed by atoms with van der Waals surface area (Å²) in [6.07, 6.45) is 1.57. The maximum atomic E-state index is 10.4. The molecule has 0 aliphatic carbocycles. The van der Waals surface area contributed by atoms with E-state index in [0.29, 0.717) is 10.7 Å². The Balaban J connectivity index is 2.81. The third-order valence-electron chi connectivity index (χ3n) is 1.20. The molecule has 1 aromatic rings. The van der Waals surface area contributed by atoms with Crippen LogP contribution in [0.3, 0.4) is 0 Å². The predicted molar refractivity (Wildman–Crippen MR) is 41.2 cm³/mol. The Morgan fingerprint density at radius 2 is 2.55 bits per heavy atom. The van der Waals surface area contributed by atoms with Crippen LogP contribution in [0.1, 0.15) is 5.69 Å². The van der Waals surface area contributed by atoms with Crippen molar-refractivity contribution in [2.75, 3.05) is 0 Å². The average molecular weight is 174 g/mol. The number of nitrogens with zero attached hydrogens (tertiary/aromatic N) is 2. The molecule has 1 heterocycles. The van der Waals surface area contributed by atoms with E-state index in [1.165, 1.54) is 4.68 Å². The van der Waals surface area contributed by atoms with Crippen molar-refractivity contribution in [1.29, 1.82) is 0 Å². The molecule has 0 spiro atoms. The van der Waals surface area contributed by atoms with Crippen LogP contribution in [0.5, 0.6) is 0 Å². The van der Waals surface area contributed by atoms with Crippen molar-refractivity contribution in [3.05, 3.63) is 16.9 Å². The van der Waals surface area contributed by atoms with Gasteiger partial charge in [-0.2, -0.15) is 5.10 Å². The van der Waals surface area contributed by atoms with E-state index in [2.05, 4.69) is 5.10 Å². The summed E-state index contributed by atoms with van der Waals surface area (Å²) >= 11 is 5.68. The summed E-state index contributed by atoms with van der Waals surface area (Å²) in [5.41, 5.74) is 5.64. The smallest absolute Gasteiger partial charge is 0.239 e. The molecule has 5 heteroatoms. The number of primary amides is 1. The van der Waals surface area contributed by atoms with E-state index in [9.17, 15) is 4.79 Å². The number of hydrogen-bond donors (Lipinski definition) is 1. The quantitative estimate of drug-likeness (QED) is 0.701. The SMILES string of the molecule is Cc1nn(CC(N)=O)cc1Cl. The summed E-state index contributed by atoms with van der Waals surface area (Å²) in [6, 6.07) is 0. The standard InChI is InChI=1S/C6H8ClN3O/c1-4-5(7)2-10(9-4)3-6(8)11/h2H,3H2,1H3,(H2,8,11). The second kappa shape index (κ2) is 2.92. The molecule has 0 bridgehead atoms. The van der Waals surface area contributed by atoms with Gasteiger partial charge >= 0.3 is 0 Å². The van der Waals surface area contributed by atoms with E-state index in [-0.39, 0.29) is 6.54 Å². The van der Waals surface area contributed by atoms with Crippen LogP contribution in [-0.2, 0) is 11.3 Å². The first-order valence-corrected chi connectivity index (χ1v) is 3.45. The van der Waals surface area contributed by atoms with Crippen molar-refractivity contribution in [2.24, 2.45) is 5.73 Å². The fourth-order valence-corrected chi connectivity index (χ4v) is 0.885. The number of halogens is 1. The summed E-state index contributed by atoms with van der Waals surface area (Å²) in [5, 5.41) is 4.48. The average Bonchev–Trinajstić information content (AvgIpc) is 2.10. The number of carbonyl (C=O) groups is 1. The molecule has 2 N–H and O–H groups in total. The third kappa shape index (κ3) is 1.94. The molecule has 60 valence electrons. The summed E-state index contributed by atoms with van der Waals surface area (Å²) in [4.78, 5) is 10.4. The van der Waals surface area contributed by atoms with Crippen molar-refractivity contribution in [3.63, 3.8) is 0 Å². The topological polar surface area (TPSA) is 60.9 Å². The molecule has 0 saturated heterocycles. The Hall–Kier alpha value is -1.03. The molecule has 0 unspecified atom stereocenters. The van der Waals surface area contributed by atoms with Crippen molar-refractivity contribution in [3.8, 4) is 0 Å². The molecule has 0 radical (unpaired) electrons. The zero-order valence-corrected chi connectivity index (χ0v) is 6.80. The van der Waals surface area contributed by atoms with E-state index in [4.69, 9.17) is 17.3 Å². The van der Waals surface area contributed by atoms with E-state index >= 15 is 0 Å². The first-order valence-electron chi connectivity index (χ1n) is 3.07. The van der Waals surface area contributed by atoms with Crippen LogP contribution >= 0.6 is 11.6 Å².